The van der Waals surface area contributed by atoms with Gasteiger partial charge in [0.2, 0.25) is 11.8 Å². The first-order valence-corrected chi connectivity index (χ1v) is 11.6. The number of nitrogens with one attached hydrogen (secondary N) is 4. The number of methoxy groups -OCH3 is 1. The Balaban J connectivity index is 1.47. The zero-order valence-electron chi connectivity index (χ0n) is 20.3. The average Bonchev–Trinajstić information content (AvgIpc) is 3.60. The molecule has 1 aliphatic rings. The van der Waals surface area contributed by atoms with E-state index in [0.717, 1.165) is 17.8 Å². The van der Waals surface area contributed by atoms with Crippen molar-refractivity contribution < 1.29 is 9.47 Å². The quantitative estimate of drug-likeness (QED) is 0.217. The maximum absolute atomic E-state index is 8.33. The fraction of sp³-hybridized carbons (Fsp3) is 0.360. The van der Waals surface area contributed by atoms with E-state index in [9.17, 15) is 0 Å². The molecule has 4 N–H and O–H groups in total. The van der Waals surface area contributed by atoms with Crippen LogP contribution in [0.3, 0.4) is 0 Å². The number of nitrogens with zero attached hydrogens (tertiary/aromatic N) is 4. The summed E-state index contributed by atoms with van der Waals surface area (Å²) in [6.07, 6.45) is 4.08. The van der Waals surface area contributed by atoms with Gasteiger partial charge in [-0.3, -0.25) is 5.10 Å². The van der Waals surface area contributed by atoms with Gasteiger partial charge in [-0.05, 0) is 32.5 Å². The fourth-order valence-electron chi connectivity index (χ4n) is 3.32. The van der Waals surface area contributed by atoms with E-state index in [1.54, 1.807) is 19.3 Å². The highest BCUT2D eigenvalue weighted by Gasteiger charge is 2.25. The second-order valence-electron chi connectivity index (χ2n) is 8.62. The molecular formula is C25H32N8O2. The fourth-order valence-corrected chi connectivity index (χ4v) is 3.32. The molecule has 1 saturated carbocycles. The molecular weight excluding hydrogens is 444 g/mol. The molecule has 2 aromatic heterocycles. The third-order valence-electron chi connectivity index (χ3n) is 5.44. The maximum Gasteiger partial charge on any atom is 0.228 e. The number of benzene rings is 1. The zero-order valence-corrected chi connectivity index (χ0v) is 20.3. The third kappa shape index (κ3) is 7.28. The van der Waals surface area contributed by atoms with E-state index in [2.05, 4.69) is 30.8 Å². The molecule has 1 aromatic carbocycles. The number of anilines is 3. The lowest BCUT2D eigenvalue weighted by atomic mass is 10.1. The van der Waals surface area contributed by atoms with Gasteiger partial charge in [-0.15, -0.1) is 0 Å². The molecule has 3 aromatic rings. The van der Waals surface area contributed by atoms with Gasteiger partial charge < -0.3 is 30.4 Å². The molecule has 0 saturated heterocycles. The number of aromatic amines is 1. The number of likely N-dealkylation sites (N-methyl/N-ethyl adjacent to an activating group) is 1. The van der Waals surface area contributed by atoms with Crippen LogP contribution in [0.2, 0.25) is 0 Å². The molecule has 35 heavy (non-hydrogen) atoms. The molecule has 0 amide bonds. The second-order valence-corrected chi connectivity index (χ2v) is 8.62. The van der Waals surface area contributed by atoms with Crippen molar-refractivity contribution in [2.75, 3.05) is 51.5 Å². The van der Waals surface area contributed by atoms with Gasteiger partial charge in [-0.2, -0.15) is 15.1 Å². The molecule has 1 aliphatic carbocycles. The topological polar surface area (TPSA) is 124 Å². The van der Waals surface area contributed by atoms with Crippen molar-refractivity contribution in [2.45, 2.75) is 18.8 Å². The van der Waals surface area contributed by atoms with Gasteiger partial charge in [0.05, 0.1) is 19.4 Å². The second kappa shape index (κ2) is 11.5. The van der Waals surface area contributed by atoms with Crippen LogP contribution in [0.1, 0.15) is 30.0 Å². The molecule has 10 heteroatoms. The van der Waals surface area contributed by atoms with Crippen LogP contribution in [0.15, 0.2) is 54.3 Å². The summed E-state index contributed by atoms with van der Waals surface area (Å²) in [6.45, 7) is 1.56. The van der Waals surface area contributed by atoms with Crippen molar-refractivity contribution in [3.8, 4) is 5.88 Å². The van der Waals surface area contributed by atoms with Crippen LogP contribution in [-0.4, -0.2) is 71.7 Å². The van der Waals surface area contributed by atoms with Gasteiger partial charge in [-0.1, -0.05) is 30.3 Å². The third-order valence-corrected chi connectivity index (χ3v) is 5.44. The standard InChI is InChI=1S/C25H32N8O2/c1-33(2)11-12-35-24-15-22(28-23-14-21(31-32-23)18-9-10-18)29-25(30-24)27-16-19(34-3)13-20(26)17-7-5-4-6-8-17/h4-8,13-15,18,26H,9-12,16H2,1-3H3,(H3,27,28,29,30,31,32)/b19-13-,26-20?. The number of H-pyrrole nitrogens is 1. The van der Waals surface area contributed by atoms with Crippen molar-refractivity contribution >= 4 is 23.3 Å². The van der Waals surface area contributed by atoms with Crippen LogP contribution in [0.4, 0.5) is 17.6 Å². The number of ether oxygens (including phenoxy) is 2. The molecule has 0 atom stereocenters. The average molecular weight is 477 g/mol. The SMILES string of the molecule is CO/C(=C\C(=N)c1ccccc1)CNc1nc(Nc2cc(C3CC3)[nH]n2)cc(OCCN(C)C)n1. The van der Waals surface area contributed by atoms with E-state index in [0.29, 0.717) is 54.0 Å². The molecule has 2 heterocycles. The zero-order chi connectivity index (χ0) is 24.6. The van der Waals surface area contributed by atoms with Crippen molar-refractivity contribution in [3.05, 3.63) is 65.6 Å². The number of hydrogen-bond acceptors (Lipinski definition) is 9. The molecule has 0 bridgehead atoms. The maximum atomic E-state index is 8.33. The van der Waals surface area contributed by atoms with Crippen molar-refractivity contribution in [3.63, 3.8) is 0 Å². The van der Waals surface area contributed by atoms with Gasteiger partial charge in [0.15, 0.2) is 5.82 Å². The van der Waals surface area contributed by atoms with E-state index in [4.69, 9.17) is 14.9 Å². The minimum Gasteiger partial charge on any atom is -0.499 e. The van der Waals surface area contributed by atoms with Crippen LogP contribution < -0.4 is 15.4 Å². The van der Waals surface area contributed by atoms with Gasteiger partial charge in [-0.25, -0.2) is 0 Å². The van der Waals surface area contributed by atoms with Crippen LogP contribution in [0, 0.1) is 5.41 Å². The van der Waals surface area contributed by atoms with Crippen LogP contribution in [0.5, 0.6) is 5.88 Å². The first-order valence-electron chi connectivity index (χ1n) is 11.6. The molecule has 184 valence electrons. The normalized spacial score (nSPS) is 13.5. The summed E-state index contributed by atoms with van der Waals surface area (Å²) in [5.41, 5.74) is 2.31. The Bertz CT molecular complexity index is 1160. The van der Waals surface area contributed by atoms with Gasteiger partial charge >= 0.3 is 0 Å². The summed E-state index contributed by atoms with van der Waals surface area (Å²) in [6, 6.07) is 13.3. The summed E-state index contributed by atoms with van der Waals surface area (Å²) < 4.78 is 11.3. The van der Waals surface area contributed by atoms with E-state index in [1.807, 2.05) is 55.4 Å². The molecule has 4 rings (SSSR count). The highest BCUT2D eigenvalue weighted by Crippen LogP contribution is 2.39. The molecule has 0 radical (unpaired) electrons. The Morgan fingerprint density at radius 3 is 2.69 bits per heavy atom. The molecule has 1 fully saturated rings. The van der Waals surface area contributed by atoms with Gasteiger partial charge in [0.1, 0.15) is 18.2 Å². The lowest BCUT2D eigenvalue weighted by Gasteiger charge is -2.14. The smallest absolute Gasteiger partial charge is 0.228 e. The number of hydrogen-bond donors (Lipinski definition) is 4. The highest BCUT2D eigenvalue weighted by atomic mass is 16.5. The largest absolute Gasteiger partial charge is 0.499 e. The predicted octanol–water partition coefficient (Wildman–Crippen LogP) is 3.77. The van der Waals surface area contributed by atoms with Crippen LogP contribution >= 0.6 is 0 Å². The Labute approximate surface area is 205 Å². The summed E-state index contributed by atoms with van der Waals surface area (Å²) in [5.74, 6) is 3.25. The number of aromatic nitrogens is 4. The Morgan fingerprint density at radius 2 is 1.97 bits per heavy atom. The molecule has 0 spiro atoms. The van der Waals surface area contributed by atoms with E-state index in [1.165, 1.54) is 12.8 Å². The van der Waals surface area contributed by atoms with Crippen LogP contribution in [0.25, 0.3) is 0 Å². The van der Waals surface area contributed by atoms with E-state index in [-0.39, 0.29) is 0 Å². The summed E-state index contributed by atoms with van der Waals surface area (Å²) in [4.78, 5) is 11.1. The van der Waals surface area contributed by atoms with Gasteiger partial charge in [0.25, 0.3) is 0 Å². The monoisotopic (exact) mass is 476 g/mol. The number of rotatable bonds is 13. The first-order chi connectivity index (χ1) is 17.0. The molecule has 0 unspecified atom stereocenters. The number of allylic oxidation sites excluding steroid dienone is 1. The lowest BCUT2D eigenvalue weighted by Crippen LogP contribution is -2.20. The molecule has 10 nitrogen and oxygen atoms in total. The van der Waals surface area contributed by atoms with E-state index < -0.39 is 0 Å². The van der Waals surface area contributed by atoms with E-state index >= 15 is 0 Å². The summed E-state index contributed by atoms with van der Waals surface area (Å²) >= 11 is 0. The Morgan fingerprint density at radius 1 is 1.17 bits per heavy atom. The van der Waals surface area contributed by atoms with Crippen molar-refractivity contribution in [1.29, 1.82) is 5.41 Å². The first kappa shape index (κ1) is 24.2. The van der Waals surface area contributed by atoms with Crippen molar-refractivity contribution in [2.24, 2.45) is 0 Å². The Kier molecular flexibility index (Phi) is 7.94. The summed E-state index contributed by atoms with van der Waals surface area (Å²) in [5, 5.41) is 22.2. The highest BCUT2D eigenvalue weighted by molar-refractivity contribution is 6.06. The summed E-state index contributed by atoms with van der Waals surface area (Å²) in [7, 11) is 5.56. The predicted molar refractivity (Wildman–Crippen MR) is 137 cm³/mol. The van der Waals surface area contributed by atoms with Gasteiger partial charge in [0, 0.05) is 36.4 Å². The minimum atomic E-state index is 0.306. The molecule has 0 aliphatic heterocycles. The Hall–Kier alpha value is -3.92. The lowest BCUT2D eigenvalue weighted by molar-refractivity contribution is 0.254. The van der Waals surface area contributed by atoms with Crippen molar-refractivity contribution in [1.82, 2.24) is 25.1 Å². The minimum absolute atomic E-state index is 0.306. The van der Waals surface area contributed by atoms with Crippen LogP contribution in [-0.2, 0) is 4.74 Å².